The molecule has 0 spiro atoms. The Morgan fingerprint density at radius 1 is 1.12 bits per heavy atom. The number of methoxy groups -OCH3 is 1. The number of hydrogen-bond acceptors (Lipinski definition) is 5. The normalized spacial score (nSPS) is 13.4. The molecule has 0 fully saturated rings. The minimum absolute atomic E-state index is 0.0314. The van der Waals surface area contributed by atoms with E-state index < -0.39 is 0 Å². The summed E-state index contributed by atoms with van der Waals surface area (Å²) in [5.74, 6) is 0.965. The zero-order valence-corrected chi connectivity index (χ0v) is 14.5. The maximum Gasteiger partial charge on any atom is 0.176 e. The molecule has 0 amide bonds. The number of carbonyl (C=O) groups is 1. The largest absolute Gasteiger partial charge is 0.496 e. The number of rotatable bonds is 5. The SMILES string of the molecule is COc1ccccc1C(=O)CSC1=NN=C(c2ccc(C)cc2)C1. The van der Waals surface area contributed by atoms with Crippen molar-refractivity contribution in [1.29, 1.82) is 0 Å². The first-order valence-corrected chi connectivity index (χ1v) is 8.65. The molecule has 3 rings (SSSR count). The van der Waals surface area contributed by atoms with Gasteiger partial charge in [0.1, 0.15) is 10.8 Å². The highest BCUT2D eigenvalue weighted by molar-refractivity contribution is 8.14. The molecule has 122 valence electrons. The van der Waals surface area contributed by atoms with Crippen LogP contribution in [-0.4, -0.2) is 29.4 Å². The number of nitrogens with zero attached hydrogens (tertiary/aromatic N) is 2. The summed E-state index contributed by atoms with van der Waals surface area (Å²) in [6.45, 7) is 2.06. The number of benzene rings is 2. The predicted molar refractivity (Wildman–Crippen MR) is 99.6 cm³/mol. The molecular formula is C19H18N2O2S. The van der Waals surface area contributed by atoms with Gasteiger partial charge < -0.3 is 4.74 Å². The summed E-state index contributed by atoms with van der Waals surface area (Å²) in [4.78, 5) is 12.4. The number of Topliss-reactive ketones (excluding diaryl/α,β-unsaturated/α-hetero) is 1. The molecule has 0 aliphatic carbocycles. The van der Waals surface area contributed by atoms with E-state index in [0.29, 0.717) is 23.5 Å². The lowest BCUT2D eigenvalue weighted by Gasteiger charge is -2.07. The van der Waals surface area contributed by atoms with Crippen molar-refractivity contribution in [3.05, 3.63) is 65.2 Å². The second kappa shape index (κ2) is 7.45. The third-order valence-electron chi connectivity index (χ3n) is 3.76. The maximum atomic E-state index is 12.4. The van der Waals surface area contributed by atoms with Crippen LogP contribution in [0.1, 0.15) is 27.9 Å². The smallest absolute Gasteiger partial charge is 0.176 e. The number of ketones is 1. The first-order valence-electron chi connectivity index (χ1n) is 7.67. The zero-order valence-electron chi connectivity index (χ0n) is 13.7. The summed E-state index contributed by atoms with van der Waals surface area (Å²) in [6, 6.07) is 15.5. The molecule has 4 nitrogen and oxygen atoms in total. The van der Waals surface area contributed by atoms with Gasteiger partial charge in [-0.1, -0.05) is 42.0 Å². The lowest BCUT2D eigenvalue weighted by molar-refractivity contribution is 0.102. The fraction of sp³-hybridized carbons (Fsp3) is 0.211. The van der Waals surface area contributed by atoms with E-state index >= 15 is 0 Å². The highest BCUT2D eigenvalue weighted by Gasteiger charge is 2.18. The third kappa shape index (κ3) is 3.74. The van der Waals surface area contributed by atoms with Crippen LogP contribution in [0.25, 0.3) is 0 Å². The highest BCUT2D eigenvalue weighted by atomic mass is 32.2. The van der Waals surface area contributed by atoms with Crippen molar-refractivity contribution in [2.45, 2.75) is 13.3 Å². The lowest BCUT2D eigenvalue weighted by Crippen LogP contribution is -2.08. The van der Waals surface area contributed by atoms with Crippen LogP contribution in [-0.2, 0) is 0 Å². The van der Waals surface area contributed by atoms with E-state index in [1.807, 2.05) is 12.1 Å². The van der Waals surface area contributed by atoms with E-state index in [1.165, 1.54) is 17.3 Å². The van der Waals surface area contributed by atoms with Crippen LogP contribution in [0.3, 0.4) is 0 Å². The Morgan fingerprint density at radius 2 is 1.88 bits per heavy atom. The van der Waals surface area contributed by atoms with Crippen LogP contribution >= 0.6 is 11.8 Å². The van der Waals surface area contributed by atoms with Crippen LogP contribution in [0.4, 0.5) is 0 Å². The van der Waals surface area contributed by atoms with Gasteiger partial charge in [0.25, 0.3) is 0 Å². The number of hydrogen-bond donors (Lipinski definition) is 0. The molecule has 0 saturated carbocycles. The molecule has 1 aliphatic rings. The molecule has 0 bridgehead atoms. The fourth-order valence-electron chi connectivity index (χ4n) is 2.42. The number of thioether (sulfide) groups is 1. The van der Waals surface area contributed by atoms with Crippen LogP contribution in [0.5, 0.6) is 5.75 Å². The van der Waals surface area contributed by atoms with Crippen LogP contribution in [0.2, 0.25) is 0 Å². The van der Waals surface area contributed by atoms with E-state index in [9.17, 15) is 4.79 Å². The minimum Gasteiger partial charge on any atom is -0.496 e. The average Bonchev–Trinajstić information content (AvgIpc) is 3.09. The molecule has 0 N–H and O–H groups in total. The Morgan fingerprint density at radius 3 is 2.62 bits per heavy atom. The Balaban J connectivity index is 1.57. The summed E-state index contributed by atoms with van der Waals surface area (Å²) < 4.78 is 5.24. The highest BCUT2D eigenvalue weighted by Crippen LogP contribution is 2.23. The Bertz CT molecular complexity index is 810. The number of ether oxygens (including phenoxy) is 1. The van der Waals surface area contributed by atoms with E-state index in [2.05, 4.69) is 41.4 Å². The van der Waals surface area contributed by atoms with Crippen LogP contribution in [0, 0.1) is 6.92 Å². The first kappa shape index (κ1) is 16.5. The monoisotopic (exact) mass is 338 g/mol. The Kier molecular flexibility index (Phi) is 5.11. The molecule has 0 aromatic heterocycles. The van der Waals surface area contributed by atoms with Crippen LogP contribution < -0.4 is 4.74 Å². The van der Waals surface area contributed by atoms with Gasteiger partial charge in [-0.25, -0.2) is 0 Å². The molecule has 5 heteroatoms. The van der Waals surface area contributed by atoms with Crippen molar-refractivity contribution in [3.8, 4) is 5.75 Å². The van der Waals surface area contributed by atoms with Gasteiger partial charge in [0.2, 0.25) is 0 Å². The number of para-hydroxylation sites is 1. The van der Waals surface area contributed by atoms with Crippen molar-refractivity contribution in [3.63, 3.8) is 0 Å². The predicted octanol–water partition coefficient (Wildman–Crippen LogP) is 4.13. The molecule has 0 radical (unpaired) electrons. The van der Waals surface area contributed by atoms with Gasteiger partial charge in [-0.05, 0) is 24.6 Å². The average molecular weight is 338 g/mol. The number of aryl methyl sites for hydroxylation is 1. The van der Waals surface area contributed by atoms with Gasteiger partial charge in [0, 0.05) is 6.42 Å². The molecule has 24 heavy (non-hydrogen) atoms. The topological polar surface area (TPSA) is 51.0 Å². The van der Waals surface area contributed by atoms with Crippen molar-refractivity contribution in [1.82, 2.24) is 0 Å². The molecular weight excluding hydrogens is 320 g/mol. The second-order valence-corrected chi connectivity index (χ2v) is 6.54. The van der Waals surface area contributed by atoms with Crippen molar-refractivity contribution in [2.24, 2.45) is 10.2 Å². The van der Waals surface area contributed by atoms with Gasteiger partial charge in [0.05, 0.1) is 24.1 Å². The fourth-order valence-corrected chi connectivity index (χ4v) is 3.21. The van der Waals surface area contributed by atoms with Crippen molar-refractivity contribution < 1.29 is 9.53 Å². The second-order valence-electron chi connectivity index (χ2n) is 5.50. The Hall–Kier alpha value is -2.40. The van der Waals surface area contributed by atoms with E-state index in [-0.39, 0.29) is 5.78 Å². The molecule has 0 atom stereocenters. The molecule has 1 heterocycles. The molecule has 0 unspecified atom stereocenters. The summed E-state index contributed by atoms with van der Waals surface area (Å²) in [6.07, 6.45) is 0.674. The molecule has 2 aromatic carbocycles. The third-order valence-corrected chi connectivity index (χ3v) is 4.73. The van der Waals surface area contributed by atoms with Crippen LogP contribution in [0.15, 0.2) is 58.7 Å². The summed E-state index contributed by atoms with van der Waals surface area (Å²) >= 11 is 1.44. The van der Waals surface area contributed by atoms with Gasteiger partial charge in [-0.3, -0.25) is 4.79 Å². The molecule has 1 aliphatic heterocycles. The molecule has 2 aromatic rings. The summed E-state index contributed by atoms with van der Waals surface area (Å²) in [5, 5.41) is 9.33. The van der Waals surface area contributed by atoms with E-state index in [4.69, 9.17) is 4.74 Å². The lowest BCUT2D eigenvalue weighted by atomic mass is 10.1. The van der Waals surface area contributed by atoms with E-state index in [1.54, 1.807) is 19.2 Å². The van der Waals surface area contributed by atoms with Crippen molar-refractivity contribution in [2.75, 3.05) is 12.9 Å². The van der Waals surface area contributed by atoms with Gasteiger partial charge in [0.15, 0.2) is 5.78 Å². The van der Waals surface area contributed by atoms with E-state index in [0.717, 1.165) is 16.3 Å². The maximum absolute atomic E-state index is 12.4. The van der Waals surface area contributed by atoms with Gasteiger partial charge >= 0.3 is 0 Å². The van der Waals surface area contributed by atoms with Gasteiger partial charge in [-0.2, -0.15) is 5.10 Å². The Labute approximate surface area is 145 Å². The quantitative estimate of drug-likeness (QED) is 0.770. The first-order chi connectivity index (χ1) is 11.7. The summed E-state index contributed by atoms with van der Waals surface area (Å²) in [7, 11) is 1.57. The zero-order chi connectivity index (χ0) is 16.9. The number of carbonyl (C=O) groups excluding carboxylic acids is 1. The van der Waals surface area contributed by atoms with Gasteiger partial charge in [-0.15, -0.1) is 16.9 Å². The minimum atomic E-state index is 0.0314. The molecule has 0 saturated heterocycles. The van der Waals surface area contributed by atoms with Crippen molar-refractivity contribution >= 4 is 28.3 Å². The standard InChI is InChI=1S/C19H18N2O2S/c1-13-7-9-14(10-8-13)16-11-19(21-20-16)24-12-17(22)15-5-3-4-6-18(15)23-2/h3-10H,11-12H2,1-2H3. The summed E-state index contributed by atoms with van der Waals surface area (Å²) in [5.41, 5.74) is 3.85.